The van der Waals surface area contributed by atoms with Crippen LogP contribution in [0, 0.1) is 0 Å². The number of rotatable bonds is 6. The molecule has 27 heavy (non-hydrogen) atoms. The number of guanidine groups is 1. The van der Waals surface area contributed by atoms with Gasteiger partial charge in [-0.2, -0.15) is 0 Å². The van der Waals surface area contributed by atoms with Crippen LogP contribution in [-0.4, -0.2) is 64.4 Å². The molecule has 3 rings (SSSR count). The van der Waals surface area contributed by atoms with Gasteiger partial charge in [0.05, 0.1) is 11.9 Å². The highest BCUT2D eigenvalue weighted by Gasteiger charge is 2.20. The maximum absolute atomic E-state index is 12.2. The second-order valence-corrected chi connectivity index (χ2v) is 9.00. The van der Waals surface area contributed by atoms with Gasteiger partial charge in [-0.25, -0.2) is 13.1 Å². The van der Waals surface area contributed by atoms with Crippen molar-refractivity contribution in [2.45, 2.75) is 38.3 Å². The number of hydrogen-bond acceptors (Lipinski definition) is 4. The topological polar surface area (TPSA) is 83.0 Å². The van der Waals surface area contributed by atoms with Crippen LogP contribution in [0.4, 0.5) is 0 Å². The van der Waals surface area contributed by atoms with Crippen molar-refractivity contribution in [3.05, 3.63) is 35.4 Å². The van der Waals surface area contributed by atoms with Gasteiger partial charge in [0, 0.05) is 39.8 Å². The van der Waals surface area contributed by atoms with Crippen molar-refractivity contribution in [3.8, 4) is 0 Å². The molecule has 1 unspecified atom stereocenters. The summed E-state index contributed by atoms with van der Waals surface area (Å²) in [6.07, 6.45) is 4.06. The highest BCUT2D eigenvalue weighted by Crippen LogP contribution is 2.18. The smallest absolute Gasteiger partial charge is 0.213 e. The molecule has 0 spiro atoms. The van der Waals surface area contributed by atoms with Crippen LogP contribution in [0.3, 0.4) is 0 Å². The molecule has 0 aliphatic carbocycles. The van der Waals surface area contributed by atoms with Gasteiger partial charge in [-0.1, -0.05) is 24.3 Å². The van der Waals surface area contributed by atoms with E-state index < -0.39 is 10.0 Å². The van der Waals surface area contributed by atoms with Crippen molar-refractivity contribution in [2.24, 2.45) is 4.99 Å². The fourth-order valence-electron chi connectivity index (χ4n) is 3.57. The minimum Gasteiger partial charge on any atom is -0.377 e. The molecule has 8 heteroatoms. The first-order valence-corrected chi connectivity index (χ1v) is 11.3. The molecule has 1 atom stereocenters. The van der Waals surface area contributed by atoms with Gasteiger partial charge in [-0.15, -0.1) is 0 Å². The molecule has 1 aromatic carbocycles. The van der Waals surface area contributed by atoms with Crippen LogP contribution in [0.2, 0.25) is 0 Å². The van der Waals surface area contributed by atoms with Crippen molar-refractivity contribution in [2.75, 3.05) is 39.0 Å². The normalized spacial score (nSPS) is 21.0. The van der Waals surface area contributed by atoms with E-state index in [2.05, 4.69) is 38.1 Å². The lowest BCUT2D eigenvalue weighted by molar-refractivity contribution is 0.0200. The molecule has 1 saturated heterocycles. The van der Waals surface area contributed by atoms with E-state index in [4.69, 9.17) is 4.74 Å². The minimum atomic E-state index is -3.33. The van der Waals surface area contributed by atoms with Gasteiger partial charge >= 0.3 is 0 Å². The summed E-state index contributed by atoms with van der Waals surface area (Å²) in [7, 11) is -1.60. The van der Waals surface area contributed by atoms with Gasteiger partial charge in [0.1, 0.15) is 0 Å². The van der Waals surface area contributed by atoms with Crippen LogP contribution in [0.25, 0.3) is 0 Å². The van der Waals surface area contributed by atoms with Crippen molar-refractivity contribution < 1.29 is 13.2 Å². The van der Waals surface area contributed by atoms with Crippen LogP contribution in [0.5, 0.6) is 0 Å². The van der Waals surface area contributed by atoms with E-state index in [-0.39, 0.29) is 11.9 Å². The Balaban J connectivity index is 1.44. The monoisotopic (exact) mass is 394 g/mol. The number of benzene rings is 1. The second-order valence-electron chi connectivity index (χ2n) is 7.07. The molecule has 1 aromatic rings. The molecule has 7 nitrogen and oxygen atoms in total. The lowest BCUT2D eigenvalue weighted by Crippen LogP contribution is -2.46. The maximum Gasteiger partial charge on any atom is 0.213 e. The summed E-state index contributed by atoms with van der Waals surface area (Å²) in [6.45, 7) is 3.08. The zero-order valence-electron chi connectivity index (χ0n) is 16.0. The highest BCUT2D eigenvalue weighted by atomic mass is 32.2. The molecule has 0 radical (unpaired) electrons. The van der Waals surface area contributed by atoms with Crippen molar-refractivity contribution in [3.63, 3.8) is 0 Å². The number of fused-ring (bicyclic) bond motifs is 1. The quantitative estimate of drug-likeness (QED) is 0.558. The molecule has 2 heterocycles. The molecule has 150 valence electrons. The van der Waals surface area contributed by atoms with Gasteiger partial charge in [-0.05, 0) is 36.8 Å². The summed E-state index contributed by atoms with van der Waals surface area (Å²) in [6, 6.07) is 8.41. The lowest BCUT2D eigenvalue weighted by Gasteiger charge is -2.31. The number of nitrogens with zero attached hydrogens (tertiary/aromatic N) is 2. The van der Waals surface area contributed by atoms with Crippen LogP contribution >= 0.6 is 0 Å². The molecular formula is C19H30N4O3S. The first-order valence-electron chi connectivity index (χ1n) is 9.69. The Morgan fingerprint density at radius 1 is 1.30 bits per heavy atom. The average Bonchev–Trinajstić information content (AvgIpc) is 2.70. The standard InChI is InChI=1S/C19H30N4O3S/c1-20-19(23-11-9-16-6-2-3-7-17(16)15-23)21-10-13-27(24,25)22-14-18-8-4-5-12-26-18/h2-3,6-7,18,22H,4-5,8-15H2,1H3,(H,20,21). The third-order valence-corrected chi connectivity index (χ3v) is 6.45. The van der Waals surface area contributed by atoms with E-state index in [0.717, 1.165) is 51.3 Å². The van der Waals surface area contributed by atoms with Crippen molar-refractivity contribution in [1.29, 1.82) is 0 Å². The fraction of sp³-hybridized carbons (Fsp3) is 0.632. The first kappa shape index (κ1) is 20.1. The molecular weight excluding hydrogens is 364 g/mol. The third-order valence-electron chi connectivity index (χ3n) is 5.10. The largest absolute Gasteiger partial charge is 0.377 e. The van der Waals surface area contributed by atoms with Gasteiger partial charge < -0.3 is 15.0 Å². The van der Waals surface area contributed by atoms with Crippen LogP contribution in [-0.2, 0) is 27.7 Å². The second kappa shape index (κ2) is 9.52. The summed E-state index contributed by atoms with van der Waals surface area (Å²) in [4.78, 5) is 6.48. The Labute approximate surface area is 162 Å². The van der Waals surface area contributed by atoms with Gasteiger partial charge in [0.25, 0.3) is 0 Å². The van der Waals surface area contributed by atoms with E-state index >= 15 is 0 Å². The summed E-state index contributed by atoms with van der Waals surface area (Å²) in [5.41, 5.74) is 2.68. The molecule has 1 fully saturated rings. The van der Waals surface area contributed by atoms with Crippen LogP contribution < -0.4 is 10.0 Å². The molecule has 2 N–H and O–H groups in total. The Morgan fingerprint density at radius 2 is 2.11 bits per heavy atom. The number of aliphatic imine (C=N–C) groups is 1. The van der Waals surface area contributed by atoms with E-state index in [0.29, 0.717) is 13.1 Å². The van der Waals surface area contributed by atoms with Gasteiger partial charge in [-0.3, -0.25) is 4.99 Å². The molecule has 2 aliphatic heterocycles. The van der Waals surface area contributed by atoms with Crippen LogP contribution in [0.1, 0.15) is 30.4 Å². The van der Waals surface area contributed by atoms with Crippen molar-refractivity contribution >= 4 is 16.0 Å². The zero-order valence-corrected chi connectivity index (χ0v) is 16.8. The molecule has 0 saturated carbocycles. The average molecular weight is 395 g/mol. The summed E-state index contributed by atoms with van der Waals surface area (Å²) in [5.74, 6) is 0.763. The van der Waals surface area contributed by atoms with E-state index in [1.165, 1.54) is 11.1 Å². The molecule has 0 bridgehead atoms. The van der Waals surface area contributed by atoms with E-state index in [9.17, 15) is 8.42 Å². The predicted octanol–water partition coefficient (Wildman–Crippen LogP) is 1.11. The SMILES string of the molecule is CN=C(NCCS(=O)(=O)NCC1CCCCO1)N1CCc2ccccc2C1. The van der Waals surface area contributed by atoms with Crippen molar-refractivity contribution in [1.82, 2.24) is 14.9 Å². The first-order chi connectivity index (χ1) is 13.1. The molecule has 0 amide bonds. The summed E-state index contributed by atoms with van der Waals surface area (Å²) < 4.78 is 32.7. The van der Waals surface area contributed by atoms with Gasteiger partial charge in [0.15, 0.2) is 5.96 Å². The van der Waals surface area contributed by atoms with E-state index in [1.54, 1.807) is 7.05 Å². The third kappa shape index (κ3) is 5.92. The fourth-order valence-corrected chi connectivity index (χ4v) is 4.52. The number of nitrogens with one attached hydrogen (secondary N) is 2. The number of hydrogen-bond donors (Lipinski definition) is 2. The summed E-state index contributed by atoms with van der Waals surface area (Å²) in [5, 5.41) is 3.19. The maximum atomic E-state index is 12.2. The summed E-state index contributed by atoms with van der Waals surface area (Å²) >= 11 is 0. The highest BCUT2D eigenvalue weighted by molar-refractivity contribution is 7.89. The zero-order chi connectivity index (χ0) is 19.1. The minimum absolute atomic E-state index is 0.00247. The molecule has 2 aliphatic rings. The number of ether oxygens (including phenoxy) is 1. The van der Waals surface area contributed by atoms with Crippen LogP contribution in [0.15, 0.2) is 29.3 Å². The molecule has 0 aromatic heterocycles. The Hall–Kier alpha value is -1.64. The lowest BCUT2D eigenvalue weighted by atomic mass is 10.0. The van der Waals surface area contributed by atoms with E-state index in [1.807, 2.05) is 6.07 Å². The Kier molecular flexibility index (Phi) is 7.09. The Bertz CT molecular complexity index is 745. The number of sulfonamides is 1. The van der Waals surface area contributed by atoms with Gasteiger partial charge in [0.2, 0.25) is 10.0 Å². The Morgan fingerprint density at radius 3 is 2.85 bits per heavy atom. The predicted molar refractivity (Wildman–Crippen MR) is 107 cm³/mol.